The van der Waals surface area contributed by atoms with E-state index in [1.807, 2.05) is 72.4 Å². The van der Waals surface area contributed by atoms with Gasteiger partial charge >= 0.3 is 0 Å². The van der Waals surface area contributed by atoms with Crippen LogP contribution in [0.1, 0.15) is 22.8 Å². The summed E-state index contributed by atoms with van der Waals surface area (Å²) in [4.78, 5) is 22.8. The van der Waals surface area contributed by atoms with Crippen molar-refractivity contribution in [3.05, 3.63) is 78.1 Å². The maximum absolute atomic E-state index is 12.7. The summed E-state index contributed by atoms with van der Waals surface area (Å²) in [7, 11) is 1.95. The standard InChI is InChI=1S/C22H20N4OS/c1-3-15-9-11-17(12-10-15)21(27)25-22-24-18(16-7-5-4-6-8-16)19(28-22)20-23-13-14-26(20)2/h4-14H,3H2,1-2H3,(H,24,25,27). The third kappa shape index (κ3) is 3.59. The highest BCUT2D eigenvalue weighted by Gasteiger charge is 2.19. The molecule has 5 nitrogen and oxygen atoms in total. The quantitative estimate of drug-likeness (QED) is 0.522. The Kier molecular flexibility index (Phi) is 5.04. The van der Waals surface area contributed by atoms with Gasteiger partial charge in [-0.05, 0) is 24.1 Å². The number of amides is 1. The van der Waals surface area contributed by atoms with E-state index in [2.05, 4.69) is 17.2 Å². The van der Waals surface area contributed by atoms with E-state index in [0.717, 1.165) is 28.4 Å². The molecule has 0 saturated carbocycles. The maximum atomic E-state index is 12.7. The third-order valence-electron chi connectivity index (χ3n) is 4.54. The number of nitrogens with one attached hydrogen (secondary N) is 1. The Bertz CT molecular complexity index is 1100. The van der Waals surface area contributed by atoms with Crippen LogP contribution in [0.4, 0.5) is 5.13 Å². The fraction of sp³-hybridized carbons (Fsp3) is 0.136. The highest BCUT2D eigenvalue weighted by Crippen LogP contribution is 2.38. The lowest BCUT2D eigenvalue weighted by atomic mass is 10.1. The Labute approximate surface area is 167 Å². The number of nitrogens with zero attached hydrogens (tertiary/aromatic N) is 3. The number of anilines is 1. The highest BCUT2D eigenvalue weighted by atomic mass is 32.1. The molecule has 0 spiro atoms. The van der Waals surface area contributed by atoms with Crippen LogP contribution >= 0.6 is 11.3 Å². The van der Waals surface area contributed by atoms with Crippen molar-refractivity contribution in [3.63, 3.8) is 0 Å². The van der Waals surface area contributed by atoms with Crippen LogP contribution in [0.2, 0.25) is 0 Å². The average molecular weight is 388 g/mol. The molecule has 0 fully saturated rings. The number of carbonyl (C=O) groups excluding carboxylic acids is 1. The second-order valence-electron chi connectivity index (χ2n) is 6.43. The number of hydrogen-bond acceptors (Lipinski definition) is 4. The van der Waals surface area contributed by atoms with Crippen molar-refractivity contribution in [1.29, 1.82) is 0 Å². The molecule has 1 N–H and O–H groups in total. The highest BCUT2D eigenvalue weighted by molar-refractivity contribution is 7.19. The number of imidazole rings is 1. The van der Waals surface area contributed by atoms with E-state index in [1.165, 1.54) is 16.9 Å². The molecule has 6 heteroatoms. The predicted octanol–water partition coefficient (Wildman–Crippen LogP) is 5.03. The van der Waals surface area contributed by atoms with Crippen molar-refractivity contribution in [2.45, 2.75) is 13.3 Å². The van der Waals surface area contributed by atoms with Crippen LogP contribution in [0.25, 0.3) is 22.0 Å². The molecule has 4 rings (SSSR count). The first-order valence-corrected chi connectivity index (χ1v) is 9.91. The third-order valence-corrected chi connectivity index (χ3v) is 5.51. The van der Waals surface area contributed by atoms with E-state index in [0.29, 0.717) is 10.7 Å². The van der Waals surface area contributed by atoms with Crippen LogP contribution in [-0.2, 0) is 13.5 Å². The van der Waals surface area contributed by atoms with E-state index < -0.39 is 0 Å². The SMILES string of the molecule is CCc1ccc(C(=O)Nc2nc(-c3ccccc3)c(-c3nccn3C)s2)cc1. The molecule has 140 valence electrons. The number of rotatable bonds is 5. The van der Waals surface area contributed by atoms with E-state index >= 15 is 0 Å². The Hall–Kier alpha value is -3.25. The molecule has 1 amide bonds. The van der Waals surface area contributed by atoms with Gasteiger partial charge < -0.3 is 4.57 Å². The molecule has 2 aromatic carbocycles. The molecule has 0 aliphatic heterocycles. The smallest absolute Gasteiger partial charge is 0.257 e. The topological polar surface area (TPSA) is 59.8 Å². The van der Waals surface area contributed by atoms with Crippen LogP contribution < -0.4 is 5.32 Å². The Morgan fingerprint density at radius 1 is 1.11 bits per heavy atom. The van der Waals surface area contributed by atoms with Crippen molar-refractivity contribution < 1.29 is 4.79 Å². The largest absolute Gasteiger partial charge is 0.333 e. The summed E-state index contributed by atoms with van der Waals surface area (Å²) in [6.07, 6.45) is 4.61. The lowest BCUT2D eigenvalue weighted by Gasteiger charge is -2.03. The summed E-state index contributed by atoms with van der Waals surface area (Å²) < 4.78 is 1.95. The van der Waals surface area contributed by atoms with Crippen molar-refractivity contribution in [1.82, 2.24) is 14.5 Å². The summed E-state index contributed by atoms with van der Waals surface area (Å²) >= 11 is 1.43. The maximum Gasteiger partial charge on any atom is 0.257 e. The van der Waals surface area contributed by atoms with Gasteiger partial charge in [-0.3, -0.25) is 10.1 Å². The number of aromatic nitrogens is 3. The van der Waals surface area contributed by atoms with Crippen molar-refractivity contribution in [2.24, 2.45) is 7.05 Å². The Morgan fingerprint density at radius 3 is 2.50 bits per heavy atom. The normalized spacial score (nSPS) is 10.8. The van der Waals surface area contributed by atoms with E-state index in [-0.39, 0.29) is 5.91 Å². The fourth-order valence-electron chi connectivity index (χ4n) is 2.96. The summed E-state index contributed by atoms with van der Waals surface area (Å²) in [6.45, 7) is 2.09. The molecule has 2 aromatic heterocycles. The van der Waals surface area contributed by atoms with Gasteiger partial charge in [-0.25, -0.2) is 9.97 Å². The van der Waals surface area contributed by atoms with E-state index in [1.54, 1.807) is 6.20 Å². The van der Waals surface area contributed by atoms with Crippen LogP contribution in [0, 0.1) is 0 Å². The molecule has 4 aromatic rings. The summed E-state index contributed by atoms with van der Waals surface area (Å²) in [5.41, 5.74) is 3.63. The Balaban J connectivity index is 1.69. The van der Waals surface area contributed by atoms with Crippen molar-refractivity contribution in [2.75, 3.05) is 5.32 Å². The van der Waals surface area contributed by atoms with Gasteiger partial charge in [-0.15, -0.1) is 0 Å². The monoisotopic (exact) mass is 388 g/mol. The first-order chi connectivity index (χ1) is 13.7. The summed E-state index contributed by atoms with van der Waals surface area (Å²) in [5, 5.41) is 3.50. The molecule has 0 atom stereocenters. The number of aryl methyl sites for hydroxylation is 2. The molecule has 0 bridgehead atoms. The van der Waals surface area contributed by atoms with Gasteiger partial charge in [0, 0.05) is 30.6 Å². The number of thiazole rings is 1. The summed E-state index contributed by atoms with van der Waals surface area (Å²) in [6, 6.07) is 17.6. The molecule has 28 heavy (non-hydrogen) atoms. The molecule has 0 saturated heterocycles. The zero-order valence-corrected chi connectivity index (χ0v) is 16.5. The average Bonchev–Trinajstić information content (AvgIpc) is 3.34. The van der Waals surface area contributed by atoms with Gasteiger partial charge in [0.2, 0.25) is 0 Å². The molecular formula is C22H20N4OS. The first kappa shape index (κ1) is 18.1. The lowest BCUT2D eigenvalue weighted by Crippen LogP contribution is -2.11. The minimum Gasteiger partial charge on any atom is -0.333 e. The second-order valence-corrected chi connectivity index (χ2v) is 7.43. The molecular weight excluding hydrogens is 368 g/mol. The van der Waals surface area contributed by atoms with Gasteiger partial charge in [-0.1, -0.05) is 60.7 Å². The first-order valence-electron chi connectivity index (χ1n) is 9.10. The van der Waals surface area contributed by atoms with Gasteiger partial charge in [0.25, 0.3) is 5.91 Å². The minimum absolute atomic E-state index is 0.164. The molecule has 2 heterocycles. The molecule has 0 unspecified atom stereocenters. The Morgan fingerprint density at radius 2 is 1.86 bits per heavy atom. The number of hydrogen-bond donors (Lipinski definition) is 1. The molecule has 0 radical (unpaired) electrons. The number of carbonyl (C=O) groups is 1. The summed E-state index contributed by atoms with van der Waals surface area (Å²) in [5.74, 6) is 0.659. The van der Waals surface area contributed by atoms with Gasteiger partial charge in [-0.2, -0.15) is 0 Å². The molecule has 0 aliphatic carbocycles. The van der Waals surface area contributed by atoms with Gasteiger partial charge in [0.15, 0.2) is 11.0 Å². The minimum atomic E-state index is -0.164. The molecule has 0 aliphatic rings. The van der Waals surface area contributed by atoms with Gasteiger partial charge in [0.1, 0.15) is 0 Å². The van der Waals surface area contributed by atoms with Gasteiger partial charge in [0.05, 0.1) is 10.6 Å². The van der Waals surface area contributed by atoms with Crippen molar-refractivity contribution >= 4 is 22.4 Å². The second kappa shape index (κ2) is 7.78. The lowest BCUT2D eigenvalue weighted by molar-refractivity contribution is 0.102. The van der Waals surface area contributed by atoms with Crippen molar-refractivity contribution in [3.8, 4) is 22.0 Å². The fourth-order valence-corrected chi connectivity index (χ4v) is 3.98. The van der Waals surface area contributed by atoms with Crippen LogP contribution in [0.15, 0.2) is 67.0 Å². The van der Waals surface area contributed by atoms with Crippen LogP contribution in [-0.4, -0.2) is 20.4 Å². The predicted molar refractivity (Wildman–Crippen MR) is 114 cm³/mol. The van der Waals surface area contributed by atoms with Crippen LogP contribution in [0.5, 0.6) is 0 Å². The zero-order chi connectivity index (χ0) is 19.5. The van der Waals surface area contributed by atoms with E-state index in [4.69, 9.17) is 4.98 Å². The zero-order valence-electron chi connectivity index (χ0n) is 15.7. The van der Waals surface area contributed by atoms with Crippen LogP contribution in [0.3, 0.4) is 0 Å². The number of benzene rings is 2. The van der Waals surface area contributed by atoms with E-state index in [9.17, 15) is 4.79 Å².